The number of likely N-dealkylation sites (N-methyl/N-ethyl adjacent to an activating group) is 1. The molecule has 0 spiro atoms. The van der Waals surface area contributed by atoms with Gasteiger partial charge in [0.1, 0.15) is 12.2 Å². The number of aromatic nitrogens is 3. The molecule has 102 valence electrons. The Hall–Kier alpha value is -0.940. The zero-order chi connectivity index (χ0) is 13.0. The molecule has 1 atom stereocenters. The van der Waals surface area contributed by atoms with Crippen LogP contribution in [0.4, 0.5) is 0 Å². The van der Waals surface area contributed by atoms with Crippen molar-refractivity contribution in [3.63, 3.8) is 0 Å². The zero-order valence-corrected chi connectivity index (χ0v) is 11.6. The van der Waals surface area contributed by atoms with Gasteiger partial charge in [-0.25, -0.2) is 4.98 Å². The lowest BCUT2D eigenvalue weighted by atomic mass is 9.77. The van der Waals surface area contributed by atoms with E-state index < -0.39 is 0 Å². The summed E-state index contributed by atoms with van der Waals surface area (Å²) in [6.45, 7) is 2.91. The van der Waals surface area contributed by atoms with Gasteiger partial charge >= 0.3 is 0 Å². The second-order valence-corrected chi connectivity index (χ2v) is 5.14. The number of ether oxygens (including phenoxy) is 1. The van der Waals surface area contributed by atoms with Crippen molar-refractivity contribution in [1.82, 2.24) is 20.1 Å². The predicted molar refractivity (Wildman–Crippen MR) is 70.3 cm³/mol. The maximum Gasteiger partial charge on any atom is 0.138 e. The minimum atomic E-state index is 0.487. The molecule has 5 heteroatoms. The monoisotopic (exact) mass is 252 g/mol. The molecule has 18 heavy (non-hydrogen) atoms. The van der Waals surface area contributed by atoms with E-state index in [1.807, 2.05) is 18.8 Å². The molecular formula is C13H24N4O. The van der Waals surface area contributed by atoms with Crippen LogP contribution in [0.25, 0.3) is 0 Å². The van der Waals surface area contributed by atoms with Gasteiger partial charge in [0.25, 0.3) is 0 Å². The summed E-state index contributed by atoms with van der Waals surface area (Å²) in [7, 11) is 3.98. The molecule has 0 saturated heterocycles. The SMILES string of the molecule is CCOC1CC(CC(Cc2ncnn2C)NC)C1. The Morgan fingerprint density at radius 3 is 2.89 bits per heavy atom. The number of nitrogens with zero attached hydrogens (tertiary/aromatic N) is 3. The lowest BCUT2D eigenvalue weighted by molar-refractivity contribution is -0.0289. The Morgan fingerprint density at radius 1 is 1.56 bits per heavy atom. The lowest BCUT2D eigenvalue weighted by Gasteiger charge is -2.36. The molecule has 1 aliphatic rings. The van der Waals surface area contributed by atoms with Crippen molar-refractivity contribution in [3.8, 4) is 0 Å². The molecule has 1 N–H and O–H groups in total. The first-order chi connectivity index (χ1) is 8.72. The molecule has 2 rings (SSSR count). The molecule has 0 amide bonds. The van der Waals surface area contributed by atoms with E-state index in [2.05, 4.69) is 22.3 Å². The summed E-state index contributed by atoms with van der Waals surface area (Å²) in [4.78, 5) is 4.29. The van der Waals surface area contributed by atoms with Crippen molar-refractivity contribution in [2.75, 3.05) is 13.7 Å². The molecule has 1 aliphatic carbocycles. The average Bonchev–Trinajstić information content (AvgIpc) is 2.71. The van der Waals surface area contributed by atoms with Crippen molar-refractivity contribution < 1.29 is 4.74 Å². The molecule has 5 nitrogen and oxygen atoms in total. The fourth-order valence-electron chi connectivity index (χ4n) is 2.67. The highest BCUT2D eigenvalue weighted by atomic mass is 16.5. The third-order valence-corrected chi connectivity index (χ3v) is 3.86. The summed E-state index contributed by atoms with van der Waals surface area (Å²) < 4.78 is 7.46. The van der Waals surface area contributed by atoms with Crippen molar-refractivity contribution in [1.29, 1.82) is 0 Å². The largest absolute Gasteiger partial charge is 0.378 e. The number of aryl methyl sites for hydroxylation is 1. The van der Waals surface area contributed by atoms with Crippen molar-refractivity contribution in [2.24, 2.45) is 13.0 Å². The second kappa shape index (κ2) is 6.29. The maximum absolute atomic E-state index is 5.60. The van der Waals surface area contributed by atoms with E-state index in [-0.39, 0.29) is 0 Å². The van der Waals surface area contributed by atoms with Gasteiger partial charge in [-0.2, -0.15) is 5.10 Å². The molecule has 1 aromatic heterocycles. The van der Waals surface area contributed by atoms with Gasteiger partial charge in [-0.15, -0.1) is 0 Å². The summed E-state index contributed by atoms with van der Waals surface area (Å²) in [6, 6.07) is 0.487. The Morgan fingerprint density at radius 2 is 2.33 bits per heavy atom. The summed E-state index contributed by atoms with van der Waals surface area (Å²) in [5.41, 5.74) is 0. The smallest absolute Gasteiger partial charge is 0.138 e. The van der Waals surface area contributed by atoms with Crippen molar-refractivity contribution in [2.45, 2.75) is 44.8 Å². The van der Waals surface area contributed by atoms with E-state index in [0.717, 1.165) is 24.8 Å². The molecule has 0 bridgehead atoms. The zero-order valence-electron chi connectivity index (χ0n) is 11.6. The highest BCUT2D eigenvalue weighted by Crippen LogP contribution is 2.33. The van der Waals surface area contributed by atoms with Crippen molar-refractivity contribution >= 4 is 0 Å². The van der Waals surface area contributed by atoms with E-state index >= 15 is 0 Å². The van der Waals surface area contributed by atoms with Crippen LogP contribution < -0.4 is 5.32 Å². The molecule has 0 radical (unpaired) electrons. The Balaban J connectivity index is 1.75. The van der Waals surface area contributed by atoms with Crippen LogP contribution in [0.5, 0.6) is 0 Å². The number of nitrogens with one attached hydrogen (secondary N) is 1. The quantitative estimate of drug-likeness (QED) is 0.791. The molecule has 0 aromatic carbocycles. The summed E-state index contributed by atoms with van der Waals surface area (Å²) in [5.74, 6) is 1.85. The Labute approximate surface area is 109 Å². The molecule has 1 fully saturated rings. The topological polar surface area (TPSA) is 52.0 Å². The van der Waals surface area contributed by atoms with Gasteiger partial charge in [0.05, 0.1) is 6.10 Å². The van der Waals surface area contributed by atoms with Crippen LogP contribution in [0, 0.1) is 5.92 Å². The molecule has 1 unspecified atom stereocenters. The summed E-state index contributed by atoms with van der Waals surface area (Å²) >= 11 is 0. The first kappa shape index (κ1) is 13.5. The van der Waals surface area contributed by atoms with Gasteiger partial charge in [0, 0.05) is 26.1 Å². The van der Waals surface area contributed by atoms with Gasteiger partial charge in [-0.1, -0.05) is 0 Å². The first-order valence-electron chi connectivity index (χ1n) is 6.84. The average molecular weight is 252 g/mol. The third-order valence-electron chi connectivity index (χ3n) is 3.86. The minimum absolute atomic E-state index is 0.487. The fourth-order valence-corrected chi connectivity index (χ4v) is 2.67. The molecule has 0 aliphatic heterocycles. The fraction of sp³-hybridized carbons (Fsp3) is 0.846. The van der Waals surface area contributed by atoms with Crippen LogP contribution >= 0.6 is 0 Å². The predicted octanol–water partition coefficient (Wildman–Crippen LogP) is 1.15. The third kappa shape index (κ3) is 3.29. The Kier molecular flexibility index (Phi) is 4.72. The van der Waals surface area contributed by atoms with Crippen LogP contribution in [0.15, 0.2) is 6.33 Å². The van der Waals surface area contributed by atoms with Crippen LogP contribution in [0.3, 0.4) is 0 Å². The van der Waals surface area contributed by atoms with Crippen molar-refractivity contribution in [3.05, 3.63) is 12.2 Å². The normalized spacial score (nSPS) is 24.8. The van der Waals surface area contributed by atoms with Gasteiger partial charge in [-0.3, -0.25) is 4.68 Å². The molecule has 1 aromatic rings. The first-order valence-corrected chi connectivity index (χ1v) is 6.84. The van der Waals surface area contributed by atoms with Gasteiger partial charge in [0.15, 0.2) is 0 Å². The number of hydrogen-bond acceptors (Lipinski definition) is 4. The highest BCUT2D eigenvalue weighted by Gasteiger charge is 2.31. The second-order valence-electron chi connectivity index (χ2n) is 5.14. The van der Waals surface area contributed by atoms with Gasteiger partial charge < -0.3 is 10.1 Å². The summed E-state index contributed by atoms with van der Waals surface area (Å²) in [5, 5.41) is 7.50. The van der Waals surface area contributed by atoms with E-state index in [0.29, 0.717) is 12.1 Å². The minimum Gasteiger partial charge on any atom is -0.378 e. The molecule has 1 heterocycles. The van der Waals surface area contributed by atoms with Crippen LogP contribution in [-0.2, 0) is 18.2 Å². The highest BCUT2D eigenvalue weighted by molar-refractivity contribution is 4.91. The van der Waals surface area contributed by atoms with Gasteiger partial charge in [-0.05, 0) is 39.2 Å². The van der Waals surface area contributed by atoms with E-state index in [1.54, 1.807) is 6.33 Å². The molecule has 1 saturated carbocycles. The van der Waals surface area contributed by atoms with Crippen LogP contribution in [0.2, 0.25) is 0 Å². The van der Waals surface area contributed by atoms with Crippen LogP contribution in [0.1, 0.15) is 32.0 Å². The molecular weight excluding hydrogens is 228 g/mol. The van der Waals surface area contributed by atoms with E-state index in [1.165, 1.54) is 19.3 Å². The number of rotatable bonds is 7. The lowest BCUT2D eigenvalue weighted by Crippen LogP contribution is -2.38. The Bertz CT molecular complexity index is 360. The standard InChI is InChI=1S/C13H24N4O/c1-4-18-12-6-10(7-12)5-11(14-2)8-13-15-9-16-17(13)3/h9-12,14H,4-8H2,1-3H3. The van der Waals surface area contributed by atoms with Crippen LogP contribution in [-0.4, -0.2) is 40.6 Å². The van der Waals surface area contributed by atoms with E-state index in [9.17, 15) is 0 Å². The number of hydrogen-bond donors (Lipinski definition) is 1. The summed E-state index contributed by atoms with van der Waals surface area (Å²) in [6.07, 6.45) is 6.70. The van der Waals surface area contributed by atoms with E-state index in [4.69, 9.17) is 4.74 Å². The van der Waals surface area contributed by atoms with Gasteiger partial charge in [0.2, 0.25) is 0 Å². The maximum atomic E-state index is 5.60.